The van der Waals surface area contributed by atoms with Crippen LogP contribution in [0.4, 0.5) is 0 Å². The van der Waals surface area contributed by atoms with E-state index < -0.39 is 5.97 Å². The van der Waals surface area contributed by atoms with Gasteiger partial charge in [-0.2, -0.15) is 9.59 Å². The Hall–Kier alpha value is -2.78. The average Bonchev–Trinajstić information content (AvgIpc) is 2.56. The predicted octanol–water partition coefficient (Wildman–Crippen LogP) is 3.68. The molecule has 0 amide bonds. The van der Waals surface area contributed by atoms with Crippen molar-refractivity contribution in [1.29, 1.82) is 0 Å². The summed E-state index contributed by atoms with van der Waals surface area (Å²) < 4.78 is 0. The van der Waals surface area contributed by atoms with Crippen LogP contribution in [0.3, 0.4) is 0 Å². The van der Waals surface area contributed by atoms with E-state index in [0.717, 1.165) is 12.8 Å². The van der Waals surface area contributed by atoms with Gasteiger partial charge in [-0.25, -0.2) is 4.79 Å². The van der Waals surface area contributed by atoms with Gasteiger partial charge >= 0.3 is 12.1 Å². The number of carbonyl (C=O) groups is 2. The molecule has 0 saturated heterocycles. The van der Waals surface area contributed by atoms with Crippen molar-refractivity contribution in [3.63, 3.8) is 0 Å². The van der Waals surface area contributed by atoms with Gasteiger partial charge in [0.15, 0.2) is 0 Å². The zero-order valence-electron chi connectivity index (χ0n) is 13.9. The number of ketones is 1. The summed E-state index contributed by atoms with van der Waals surface area (Å²) in [4.78, 5) is 37.2. The standard InChI is InChI=1S/C11H16O.C7H6O2.CO2/c1-10(12)6-9-11(2)7-4-3-5-8-11;8-7(9)6-4-2-1-3-5-6;2-1-3/h4-5,7-8H,3,6,9H2,1-2H3;1-5H,(H,8,9);. The molecule has 0 aromatic heterocycles. The van der Waals surface area contributed by atoms with Gasteiger partial charge in [0, 0.05) is 11.8 Å². The van der Waals surface area contributed by atoms with Gasteiger partial charge in [-0.05, 0) is 31.9 Å². The van der Waals surface area contributed by atoms with Crippen LogP contribution in [0.1, 0.15) is 43.5 Å². The zero-order chi connectivity index (χ0) is 18.4. The minimum absolute atomic E-state index is 0.129. The first kappa shape index (κ1) is 21.2. The Morgan fingerprint density at radius 2 is 1.62 bits per heavy atom. The lowest BCUT2D eigenvalue weighted by atomic mass is 9.82. The Balaban J connectivity index is 0.000000390. The third kappa shape index (κ3) is 10.0. The van der Waals surface area contributed by atoms with Crippen LogP contribution in [0.5, 0.6) is 0 Å². The van der Waals surface area contributed by atoms with Crippen LogP contribution in [0.15, 0.2) is 54.6 Å². The van der Waals surface area contributed by atoms with Crippen molar-refractivity contribution in [1.82, 2.24) is 0 Å². The molecule has 0 radical (unpaired) electrons. The first-order chi connectivity index (χ1) is 11.3. The van der Waals surface area contributed by atoms with Crippen LogP contribution in [0, 0.1) is 5.41 Å². The number of allylic oxidation sites excluding steroid dienone is 4. The van der Waals surface area contributed by atoms with Crippen molar-refractivity contribution in [2.75, 3.05) is 0 Å². The zero-order valence-corrected chi connectivity index (χ0v) is 13.9. The van der Waals surface area contributed by atoms with E-state index in [-0.39, 0.29) is 17.3 Å². The van der Waals surface area contributed by atoms with Crippen LogP contribution in [-0.2, 0) is 14.4 Å². The van der Waals surface area contributed by atoms with E-state index in [0.29, 0.717) is 12.0 Å². The Labute approximate surface area is 141 Å². The third-order valence-electron chi connectivity index (χ3n) is 3.31. The van der Waals surface area contributed by atoms with Crippen LogP contribution < -0.4 is 0 Å². The first-order valence-corrected chi connectivity index (χ1v) is 7.47. The van der Waals surface area contributed by atoms with Gasteiger partial charge in [-0.1, -0.05) is 49.4 Å². The fourth-order valence-electron chi connectivity index (χ4n) is 2.00. The molecule has 1 aromatic carbocycles. The average molecular weight is 330 g/mol. The summed E-state index contributed by atoms with van der Waals surface area (Å²) in [5.41, 5.74) is 0.460. The lowest BCUT2D eigenvalue weighted by Gasteiger charge is -2.23. The molecule has 0 fully saturated rings. The van der Waals surface area contributed by atoms with E-state index in [2.05, 4.69) is 31.2 Å². The Morgan fingerprint density at radius 1 is 1.12 bits per heavy atom. The summed E-state index contributed by atoms with van der Waals surface area (Å²) in [6.45, 7) is 3.82. The normalized spacial score (nSPS) is 13.4. The fourth-order valence-corrected chi connectivity index (χ4v) is 2.00. The van der Waals surface area contributed by atoms with Gasteiger partial charge in [-0.15, -0.1) is 0 Å². The van der Waals surface area contributed by atoms with E-state index in [4.69, 9.17) is 14.7 Å². The third-order valence-corrected chi connectivity index (χ3v) is 3.31. The number of carboxylic acid groups (broad SMARTS) is 1. The smallest absolute Gasteiger partial charge is 0.373 e. The molecular weight excluding hydrogens is 308 g/mol. The molecular formula is C19H22O5. The van der Waals surface area contributed by atoms with Gasteiger partial charge in [0.2, 0.25) is 0 Å². The van der Waals surface area contributed by atoms with Crippen molar-refractivity contribution in [3.05, 3.63) is 60.2 Å². The molecule has 0 bridgehead atoms. The molecule has 1 aromatic rings. The van der Waals surface area contributed by atoms with E-state index in [1.54, 1.807) is 37.3 Å². The van der Waals surface area contributed by atoms with Crippen LogP contribution in [0.25, 0.3) is 0 Å². The maximum Gasteiger partial charge on any atom is 0.373 e. The van der Waals surface area contributed by atoms with E-state index in [1.807, 2.05) is 0 Å². The first-order valence-electron chi connectivity index (χ1n) is 7.47. The molecule has 24 heavy (non-hydrogen) atoms. The minimum atomic E-state index is -0.879. The summed E-state index contributed by atoms with van der Waals surface area (Å²) in [5, 5.41) is 8.38. The largest absolute Gasteiger partial charge is 0.478 e. The molecule has 0 heterocycles. The van der Waals surface area contributed by atoms with Crippen molar-refractivity contribution >= 4 is 17.9 Å². The van der Waals surface area contributed by atoms with E-state index in [9.17, 15) is 9.59 Å². The van der Waals surface area contributed by atoms with Gasteiger partial charge in [0.05, 0.1) is 5.56 Å². The lowest BCUT2D eigenvalue weighted by molar-refractivity contribution is -0.191. The number of carbonyl (C=O) groups excluding carboxylic acids is 3. The quantitative estimate of drug-likeness (QED) is 0.851. The highest BCUT2D eigenvalue weighted by atomic mass is 16.4. The van der Waals surface area contributed by atoms with Crippen LogP contribution in [-0.4, -0.2) is 23.0 Å². The molecule has 128 valence electrons. The summed E-state index contributed by atoms with van der Waals surface area (Å²) in [5.74, 6) is -0.598. The Morgan fingerprint density at radius 3 is 2.00 bits per heavy atom. The molecule has 2 rings (SSSR count). The number of hydrogen-bond donors (Lipinski definition) is 1. The molecule has 0 unspecified atom stereocenters. The number of carboxylic acids is 1. The summed E-state index contributed by atoms with van der Waals surface area (Å²) in [7, 11) is 0. The second kappa shape index (κ2) is 11.7. The Bertz CT molecular complexity index is 596. The number of hydrogen-bond acceptors (Lipinski definition) is 4. The maximum atomic E-state index is 10.8. The number of benzene rings is 1. The molecule has 0 atom stereocenters. The molecule has 1 N–H and O–H groups in total. The molecule has 5 nitrogen and oxygen atoms in total. The minimum Gasteiger partial charge on any atom is -0.478 e. The molecule has 1 aliphatic carbocycles. The molecule has 5 heteroatoms. The highest BCUT2D eigenvalue weighted by molar-refractivity contribution is 5.87. The molecule has 1 aliphatic rings. The van der Waals surface area contributed by atoms with E-state index in [1.165, 1.54) is 0 Å². The van der Waals surface area contributed by atoms with Gasteiger partial charge < -0.3 is 9.90 Å². The SMILES string of the molecule is CC(=O)CCC1(C)C=CCC=C1.O=C(O)c1ccccc1.O=C=O. The summed E-state index contributed by atoms with van der Waals surface area (Å²) in [6, 6.07) is 8.30. The van der Waals surface area contributed by atoms with Crippen LogP contribution >= 0.6 is 0 Å². The monoisotopic (exact) mass is 330 g/mol. The number of aromatic carboxylic acids is 1. The van der Waals surface area contributed by atoms with Crippen molar-refractivity contribution in [2.45, 2.75) is 33.1 Å². The summed E-state index contributed by atoms with van der Waals surface area (Å²) in [6.07, 6.45) is 11.7. The van der Waals surface area contributed by atoms with Gasteiger partial charge in [0.25, 0.3) is 0 Å². The summed E-state index contributed by atoms with van der Waals surface area (Å²) >= 11 is 0. The topological polar surface area (TPSA) is 88.5 Å². The molecule has 0 saturated carbocycles. The maximum absolute atomic E-state index is 10.8. The number of rotatable bonds is 4. The molecule has 0 spiro atoms. The fraction of sp³-hybridized carbons (Fsp3) is 0.316. The lowest BCUT2D eigenvalue weighted by Crippen LogP contribution is -2.12. The number of Topliss-reactive ketones (excluding diaryl/α,β-unsaturated/α-hetero) is 1. The van der Waals surface area contributed by atoms with E-state index >= 15 is 0 Å². The predicted molar refractivity (Wildman–Crippen MR) is 89.3 cm³/mol. The van der Waals surface area contributed by atoms with Gasteiger partial charge in [0.1, 0.15) is 5.78 Å². The second-order valence-electron chi connectivity index (χ2n) is 5.50. The highest BCUT2D eigenvalue weighted by Gasteiger charge is 2.18. The van der Waals surface area contributed by atoms with Crippen molar-refractivity contribution < 1.29 is 24.3 Å². The van der Waals surface area contributed by atoms with Gasteiger partial charge in [-0.3, -0.25) is 0 Å². The molecule has 0 aliphatic heterocycles. The van der Waals surface area contributed by atoms with Crippen molar-refractivity contribution in [2.24, 2.45) is 5.41 Å². The Kier molecular flexibility index (Phi) is 10.4. The van der Waals surface area contributed by atoms with Crippen molar-refractivity contribution in [3.8, 4) is 0 Å². The second-order valence-corrected chi connectivity index (χ2v) is 5.50. The highest BCUT2D eigenvalue weighted by Crippen LogP contribution is 2.29. The van der Waals surface area contributed by atoms with Crippen LogP contribution in [0.2, 0.25) is 0 Å².